The van der Waals surface area contributed by atoms with E-state index < -0.39 is 17.7 Å². The minimum absolute atomic E-state index is 0.327. The van der Waals surface area contributed by atoms with Gasteiger partial charge >= 0.3 is 5.66 Å². The van der Waals surface area contributed by atoms with Crippen LogP contribution in [0, 0.1) is 10.1 Å². The molecule has 2 heterocycles. The number of methoxy groups -OCH3 is 1. The number of nitro groups is 1. The summed E-state index contributed by atoms with van der Waals surface area (Å²) in [6.07, 6.45) is -0.883. The molecule has 0 radical (unpaired) electrons. The molecule has 2 aliphatic heterocycles. The number of hydrogen-bond donors (Lipinski definition) is 0. The molecular weight excluding hydrogens is 322 g/mol. The number of hydrogen-bond acceptors (Lipinski definition) is 6. The number of nitrogens with zero attached hydrogens (tertiary/aromatic N) is 3. The Morgan fingerprint density at radius 2 is 1.96 bits per heavy atom. The minimum Gasteiger partial charge on any atom is -0.493 e. The van der Waals surface area contributed by atoms with Gasteiger partial charge in [0, 0.05) is 11.1 Å². The standard InChI is InChI=1S/C18H17N3O4/c1-11-15-13-9-6-10-14(24-2)16(13)25-17(12-7-4-3-5-8-12)18(15,20-19-11)21(22)23/h3-11,15,17H,1-2H3/t11-,15-,17+,18+/m1/s1. The lowest BCUT2D eigenvalue weighted by molar-refractivity contribution is -0.586. The van der Waals surface area contributed by atoms with Gasteiger partial charge in [-0.05, 0) is 13.0 Å². The number of rotatable bonds is 3. The molecule has 4 atom stereocenters. The minimum atomic E-state index is -1.68. The summed E-state index contributed by atoms with van der Waals surface area (Å²) in [6, 6.07) is 14.2. The van der Waals surface area contributed by atoms with Crippen LogP contribution in [0.1, 0.15) is 30.1 Å². The Labute approximate surface area is 144 Å². The van der Waals surface area contributed by atoms with Crippen molar-refractivity contribution in [1.29, 1.82) is 0 Å². The predicted octanol–water partition coefficient (Wildman–Crippen LogP) is 3.74. The number of fused-ring (bicyclic) bond motifs is 3. The van der Waals surface area contributed by atoms with Gasteiger partial charge in [-0.3, -0.25) is 10.1 Å². The predicted molar refractivity (Wildman–Crippen MR) is 89.6 cm³/mol. The van der Waals surface area contributed by atoms with E-state index in [0.29, 0.717) is 22.6 Å². The number of benzene rings is 2. The Kier molecular flexibility index (Phi) is 3.45. The smallest absolute Gasteiger partial charge is 0.378 e. The van der Waals surface area contributed by atoms with E-state index in [9.17, 15) is 10.1 Å². The summed E-state index contributed by atoms with van der Waals surface area (Å²) in [6.45, 7) is 1.84. The van der Waals surface area contributed by atoms with Crippen molar-refractivity contribution in [3.05, 3.63) is 69.8 Å². The van der Waals surface area contributed by atoms with Gasteiger partial charge in [0.2, 0.25) is 6.10 Å². The van der Waals surface area contributed by atoms with Crippen molar-refractivity contribution in [3.63, 3.8) is 0 Å². The van der Waals surface area contributed by atoms with Crippen LogP contribution < -0.4 is 9.47 Å². The molecule has 2 aliphatic rings. The third kappa shape index (κ3) is 2.05. The number of ether oxygens (including phenoxy) is 2. The van der Waals surface area contributed by atoms with Crippen LogP contribution in [-0.2, 0) is 0 Å². The highest BCUT2D eigenvalue weighted by atomic mass is 16.6. The highest BCUT2D eigenvalue weighted by molar-refractivity contribution is 5.53. The van der Waals surface area contributed by atoms with Gasteiger partial charge in [-0.1, -0.05) is 42.5 Å². The molecule has 25 heavy (non-hydrogen) atoms. The summed E-state index contributed by atoms with van der Waals surface area (Å²) >= 11 is 0. The maximum atomic E-state index is 12.2. The highest BCUT2D eigenvalue weighted by Crippen LogP contribution is 2.57. The molecule has 2 aromatic carbocycles. The topological polar surface area (TPSA) is 86.3 Å². The van der Waals surface area contributed by atoms with E-state index >= 15 is 0 Å². The summed E-state index contributed by atoms with van der Waals surface area (Å²) in [5, 5.41) is 20.5. The summed E-state index contributed by atoms with van der Waals surface area (Å²) in [7, 11) is 1.55. The highest BCUT2D eigenvalue weighted by Gasteiger charge is 2.68. The maximum absolute atomic E-state index is 12.2. The van der Waals surface area contributed by atoms with E-state index in [2.05, 4.69) is 10.2 Å². The van der Waals surface area contributed by atoms with Crippen LogP contribution in [0.4, 0.5) is 0 Å². The Morgan fingerprint density at radius 3 is 2.64 bits per heavy atom. The Bertz CT molecular complexity index is 855. The molecule has 4 rings (SSSR count). The molecule has 0 N–H and O–H groups in total. The van der Waals surface area contributed by atoms with Crippen LogP contribution in [0.25, 0.3) is 0 Å². The maximum Gasteiger partial charge on any atom is 0.378 e. The molecule has 0 aromatic heterocycles. The number of para-hydroxylation sites is 1. The molecule has 0 saturated carbocycles. The first kappa shape index (κ1) is 15.6. The molecule has 0 fully saturated rings. The van der Waals surface area contributed by atoms with E-state index in [4.69, 9.17) is 9.47 Å². The fourth-order valence-electron chi connectivity index (χ4n) is 3.83. The van der Waals surface area contributed by atoms with Crippen molar-refractivity contribution in [3.8, 4) is 11.5 Å². The van der Waals surface area contributed by atoms with Crippen molar-refractivity contribution < 1.29 is 14.4 Å². The quantitative estimate of drug-likeness (QED) is 0.629. The van der Waals surface area contributed by atoms with E-state index in [0.717, 1.165) is 0 Å². The largest absolute Gasteiger partial charge is 0.493 e. The first-order valence-corrected chi connectivity index (χ1v) is 8.04. The molecular formula is C18H17N3O4. The van der Waals surface area contributed by atoms with Gasteiger partial charge in [0.1, 0.15) is 5.92 Å². The SMILES string of the molecule is COc1cccc2c1O[C@@H](c1ccccc1)[C@]1([N+](=O)[O-])N=N[C@H](C)[C@H]21. The van der Waals surface area contributed by atoms with Gasteiger partial charge in [-0.15, -0.1) is 5.11 Å². The second-order valence-electron chi connectivity index (χ2n) is 6.26. The van der Waals surface area contributed by atoms with Crippen molar-refractivity contribution in [2.45, 2.75) is 30.7 Å². The van der Waals surface area contributed by atoms with Crippen molar-refractivity contribution in [2.24, 2.45) is 10.2 Å². The summed E-state index contributed by atoms with van der Waals surface area (Å²) in [4.78, 5) is 11.8. The van der Waals surface area contributed by atoms with Crippen LogP contribution in [0.3, 0.4) is 0 Å². The molecule has 0 bridgehead atoms. The zero-order valence-electron chi connectivity index (χ0n) is 13.8. The average molecular weight is 339 g/mol. The zero-order chi connectivity index (χ0) is 17.6. The molecule has 0 spiro atoms. The lowest BCUT2D eigenvalue weighted by Gasteiger charge is -2.38. The lowest BCUT2D eigenvalue weighted by Crippen LogP contribution is -2.52. The summed E-state index contributed by atoms with van der Waals surface area (Å²) in [5.74, 6) is 0.557. The fourth-order valence-corrected chi connectivity index (χ4v) is 3.83. The van der Waals surface area contributed by atoms with Crippen LogP contribution in [0.2, 0.25) is 0 Å². The third-order valence-electron chi connectivity index (χ3n) is 4.92. The monoisotopic (exact) mass is 339 g/mol. The van der Waals surface area contributed by atoms with E-state index in [-0.39, 0.29) is 11.0 Å². The van der Waals surface area contributed by atoms with Crippen LogP contribution in [0.5, 0.6) is 11.5 Å². The third-order valence-corrected chi connectivity index (χ3v) is 4.92. The van der Waals surface area contributed by atoms with Crippen LogP contribution in [-0.4, -0.2) is 23.7 Å². The van der Waals surface area contributed by atoms with E-state index in [1.807, 2.05) is 43.3 Å². The zero-order valence-corrected chi connectivity index (χ0v) is 13.8. The number of azo groups is 1. The second kappa shape index (κ2) is 5.54. The average Bonchev–Trinajstić information content (AvgIpc) is 3.00. The summed E-state index contributed by atoms with van der Waals surface area (Å²) < 4.78 is 11.6. The van der Waals surface area contributed by atoms with Crippen molar-refractivity contribution in [1.82, 2.24) is 0 Å². The first-order valence-electron chi connectivity index (χ1n) is 8.04. The molecule has 0 saturated heterocycles. The lowest BCUT2D eigenvalue weighted by atomic mass is 9.75. The molecule has 0 amide bonds. The fraction of sp³-hybridized carbons (Fsp3) is 0.333. The van der Waals surface area contributed by atoms with Crippen molar-refractivity contribution >= 4 is 0 Å². The van der Waals surface area contributed by atoms with Crippen LogP contribution >= 0.6 is 0 Å². The molecule has 7 nitrogen and oxygen atoms in total. The Balaban J connectivity index is 1.99. The molecule has 2 aromatic rings. The van der Waals surface area contributed by atoms with E-state index in [1.165, 1.54) is 0 Å². The van der Waals surface area contributed by atoms with Crippen LogP contribution in [0.15, 0.2) is 58.8 Å². The molecule has 0 unspecified atom stereocenters. The molecule has 0 aliphatic carbocycles. The van der Waals surface area contributed by atoms with Gasteiger partial charge < -0.3 is 9.47 Å². The summed E-state index contributed by atoms with van der Waals surface area (Å²) in [5.41, 5.74) is -0.283. The Hall–Kier alpha value is -2.96. The van der Waals surface area contributed by atoms with Gasteiger partial charge in [0.15, 0.2) is 11.5 Å². The van der Waals surface area contributed by atoms with Gasteiger partial charge in [0.05, 0.1) is 18.1 Å². The normalized spacial score (nSPS) is 29.4. The molecule has 7 heteroatoms. The first-order chi connectivity index (χ1) is 12.1. The van der Waals surface area contributed by atoms with Gasteiger partial charge in [0.25, 0.3) is 0 Å². The van der Waals surface area contributed by atoms with E-state index in [1.54, 1.807) is 19.2 Å². The van der Waals surface area contributed by atoms with Gasteiger partial charge in [-0.25, -0.2) is 0 Å². The second-order valence-corrected chi connectivity index (χ2v) is 6.26. The van der Waals surface area contributed by atoms with Gasteiger partial charge in [-0.2, -0.15) is 5.11 Å². The molecule has 128 valence electrons. The Morgan fingerprint density at radius 1 is 1.20 bits per heavy atom. The van der Waals surface area contributed by atoms with Crippen molar-refractivity contribution in [2.75, 3.05) is 7.11 Å².